The van der Waals surface area contributed by atoms with Crippen LogP contribution in [0.15, 0.2) is 30.7 Å². The van der Waals surface area contributed by atoms with E-state index in [0.717, 1.165) is 47.6 Å². The van der Waals surface area contributed by atoms with Gasteiger partial charge in [-0.2, -0.15) is 31.4 Å². The maximum Gasteiger partial charge on any atom is 0.434 e. The second-order valence-corrected chi connectivity index (χ2v) is 7.07. The highest BCUT2D eigenvalue weighted by atomic mass is 19.4. The molecule has 1 aliphatic rings. The Bertz CT molecular complexity index is 1090. The number of nitrogens with two attached hydrogens (primary N) is 1. The lowest BCUT2D eigenvalue weighted by atomic mass is 9.99. The molecule has 0 unspecified atom stereocenters. The second-order valence-electron chi connectivity index (χ2n) is 7.07. The van der Waals surface area contributed by atoms with Gasteiger partial charge in [0.15, 0.2) is 11.5 Å². The highest BCUT2D eigenvalue weighted by Crippen LogP contribution is 2.29. The summed E-state index contributed by atoms with van der Waals surface area (Å²) >= 11 is 0. The molecule has 13 heteroatoms. The molecule has 0 saturated heterocycles. The van der Waals surface area contributed by atoms with Gasteiger partial charge < -0.3 is 10.3 Å². The number of nitrogens with zero attached hydrogens (tertiary/aromatic N) is 5. The highest BCUT2D eigenvalue weighted by molar-refractivity contribution is 5.89. The number of amides is 1. The number of fused-ring (bicyclic) bond motifs is 1. The topological polar surface area (TPSA) is 91.6 Å². The summed E-state index contributed by atoms with van der Waals surface area (Å²) in [6.45, 7) is 0. The Morgan fingerprint density at radius 2 is 1.69 bits per heavy atom. The molecule has 0 radical (unpaired) electrons. The zero-order chi connectivity index (χ0) is 23.7. The maximum atomic E-state index is 12.6. The number of aryl methyl sites for hydroxylation is 3. The minimum atomic E-state index is -4.55. The minimum Gasteiger partial charge on any atom is -0.363 e. The average Bonchev–Trinajstić information content (AvgIpc) is 3.31. The number of hydrogen-bond acceptors (Lipinski definition) is 4. The molecule has 1 aliphatic carbocycles. The van der Waals surface area contributed by atoms with E-state index in [1.54, 1.807) is 0 Å². The predicted octanol–water partition coefficient (Wildman–Crippen LogP) is 3.70. The fraction of sp³-hybridized carbons (Fsp3) is 0.368. The number of alkyl halides is 6. The monoisotopic (exact) mass is 460 g/mol. The first kappa shape index (κ1) is 23.3. The number of imidazole rings is 1. The van der Waals surface area contributed by atoms with Gasteiger partial charge in [0.2, 0.25) is 0 Å². The molecule has 0 bridgehead atoms. The summed E-state index contributed by atoms with van der Waals surface area (Å²) in [4.78, 5) is 16.9. The van der Waals surface area contributed by atoms with Crippen molar-refractivity contribution in [3.05, 3.63) is 59.2 Å². The number of carbonyl (C=O) groups is 1. The van der Waals surface area contributed by atoms with E-state index in [-0.39, 0.29) is 0 Å². The van der Waals surface area contributed by atoms with Crippen LogP contribution in [0, 0.1) is 0 Å². The molecule has 0 spiro atoms. The number of aromatic nitrogens is 5. The molecule has 1 amide bonds. The van der Waals surface area contributed by atoms with E-state index < -0.39 is 35.5 Å². The number of pyridine rings is 1. The standard InChI is InChI=1S/C13H12F3N3.C6H6F3N3O/c14-13(15,16)12-7-10(5-6-17-12)19-8-9-3-1-2-4-11(9)18-19;1-12-2-3(6(7,8)9)11-5(12)4(10)13/h5-8H,1-4H2;2H,1H3,(H2,10,13). The highest BCUT2D eigenvalue weighted by Gasteiger charge is 2.35. The third-order valence-electron chi connectivity index (χ3n) is 4.67. The van der Waals surface area contributed by atoms with E-state index in [1.807, 2.05) is 6.20 Å². The molecule has 0 saturated carbocycles. The molecule has 0 atom stereocenters. The van der Waals surface area contributed by atoms with Crippen LogP contribution in [0.1, 0.15) is 46.1 Å². The van der Waals surface area contributed by atoms with Crippen molar-refractivity contribution in [3.8, 4) is 5.69 Å². The lowest BCUT2D eigenvalue weighted by molar-refractivity contribution is -0.141. The summed E-state index contributed by atoms with van der Waals surface area (Å²) in [7, 11) is 1.27. The van der Waals surface area contributed by atoms with Gasteiger partial charge in [0.25, 0.3) is 5.91 Å². The van der Waals surface area contributed by atoms with Crippen molar-refractivity contribution in [3.63, 3.8) is 0 Å². The Hall–Kier alpha value is -3.38. The van der Waals surface area contributed by atoms with E-state index in [0.29, 0.717) is 11.9 Å². The molecular weight excluding hydrogens is 442 g/mol. The number of carbonyl (C=O) groups excluding carboxylic acids is 1. The quantitative estimate of drug-likeness (QED) is 0.591. The number of rotatable bonds is 2. The van der Waals surface area contributed by atoms with Gasteiger partial charge in [-0.15, -0.1) is 0 Å². The zero-order valence-electron chi connectivity index (χ0n) is 16.7. The van der Waals surface area contributed by atoms with E-state index in [4.69, 9.17) is 5.73 Å². The van der Waals surface area contributed by atoms with Crippen LogP contribution < -0.4 is 5.73 Å². The van der Waals surface area contributed by atoms with Crippen LogP contribution >= 0.6 is 0 Å². The Morgan fingerprint density at radius 1 is 1.03 bits per heavy atom. The lowest BCUT2D eigenvalue weighted by Gasteiger charge is -2.07. The van der Waals surface area contributed by atoms with Crippen molar-refractivity contribution in [2.45, 2.75) is 38.0 Å². The van der Waals surface area contributed by atoms with Gasteiger partial charge in [-0.3, -0.25) is 9.78 Å². The maximum absolute atomic E-state index is 12.6. The molecule has 0 aromatic carbocycles. The molecule has 3 aromatic heterocycles. The Kier molecular flexibility index (Phi) is 6.28. The van der Waals surface area contributed by atoms with Crippen molar-refractivity contribution < 1.29 is 31.1 Å². The van der Waals surface area contributed by atoms with Crippen LogP contribution in [0.5, 0.6) is 0 Å². The molecule has 2 N–H and O–H groups in total. The van der Waals surface area contributed by atoms with Crippen LogP contribution in [0.3, 0.4) is 0 Å². The molecule has 0 fully saturated rings. The summed E-state index contributed by atoms with van der Waals surface area (Å²) in [6, 6.07) is 2.56. The Labute approximate surface area is 177 Å². The molecular formula is C19H18F6N6O. The fourth-order valence-electron chi connectivity index (χ4n) is 3.15. The van der Waals surface area contributed by atoms with Crippen molar-refractivity contribution in [2.24, 2.45) is 12.8 Å². The first-order valence-electron chi connectivity index (χ1n) is 9.37. The van der Waals surface area contributed by atoms with E-state index >= 15 is 0 Å². The lowest BCUT2D eigenvalue weighted by Crippen LogP contribution is -2.16. The fourth-order valence-corrected chi connectivity index (χ4v) is 3.15. The van der Waals surface area contributed by atoms with Gasteiger partial charge in [-0.1, -0.05) is 0 Å². The van der Waals surface area contributed by atoms with Crippen LogP contribution in [0.25, 0.3) is 5.69 Å². The largest absolute Gasteiger partial charge is 0.434 e. The average molecular weight is 460 g/mol. The molecule has 4 rings (SSSR count). The molecule has 7 nitrogen and oxygen atoms in total. The van der Waals surface area contributed by atoms with Crippen LogP contribution in [-0.2, 0) is 32.2 Å². The summed E-state index contributed by atoms with van der Waals surface area (Å²) < 4.78 is 76.4. The normalized spacial score (nSPS) is 13.8. The molecule has 172 valence electrons. The number of halogens is 6. The van der Waals surface area contributed by atoms with Gasteiger partial charge >= 0.3 is 12.4 Å². The first-order chi connectivity index (χ1) is 14.9. The van der Waals surface area contributed by atoms with Crippen LogP contribution in [0.2, 0.25) is 0 Å². The summed E-state index contributed by atoms with van der Waals surface area (Å²) in [5.74, 6) is -1.40. The summed E-state index contributed by atoms with van der Waals surface area (Å²) in [5, 5.41) is 4.37. The number of primary amides is 1. The third kappa shape index (κ3) is 5.26. The molecule has 32 heavy (non-hydrogen) atoms. The first-order valence-corrected chi connectivity index (χ1v) is 9.37. The smallest absolute Gasteiger partial charge is 0.363 e. The van der Waals surface area contributed by atoms with Crippen molar-refractivity contribution in [2.75, 3.05) is 0 Å². The second kappa shape index (κ2) is 8.63. The van der Waals surface area contributed by atoms with Gasteiger partial charge in [0.1, 0.15) is 5.69 Å². The van der Waals surface area contributed by atoms with Crippen molar-refractivity contribution in [1.29, 1.82) is 0 Å². The van der Waals surface area contributed by atoms with Crippen molar-refractivity contribution in [1.82, 2.24) is 24.3 Å². The van der Waals surface area contributed by atoms with Crippen molar-refractivity contribution >= 4 is 5.91 Å². The minimum absolute atomic E-state index is 0.400. The van der Waals surface area contributed by atoms with Crippen LogP contribution in [-0.4, -0.2) is 30.2 Å². The Balaban J connectivity index is 0.000000195. The SMILES string of the molecule is Cn1cc(C(F)(F)F)nc1C(N)=O.FC(F)(F)c1cc(-n2cc3c(n2)CCCC3)ccn1. The van der Waals surface area contributed by atoms with E-state index in [9.17, 15) is 31.1 Å². The van der Waals surface area contributed by atoms with E-state index in [2.05, 4.69) is 15.1 Å². The predicted molar refractivity (Wildman–Crippen MR) is 99.7 cm³/mol. The Morgan fingerprint density at radius 3 is 2.22 bits per heavy atom. The third-order valence-corrected chi connectivity index (χ3v) is 4.67. The summed E-state index contributed by atoms with van der Waals surface area (Å²) in [6.07, 6.45) is -1.22. The van der Waals surface area contributed by atoms with Crippen LogP contribution in [0.4, 0.5) is 26.3 Å². The molecule has 0 aliphatic heterocycles. The molecule has 3 heterocycles. The number of hydrogen-bond donors (Lipinski definition) is 1. The summed E-state index contributed by atoms with van der Waals surface area (Å²) in [5.41, 5.74) is 5.30. The van der Waals surface area contributed by atoms with E-state index in [1.165, 1.54) is 24.0 Å². The molecule has 3 aromatic rings. The zero-order valence-corrected chi connectivity index (χ0v) is 16.7. The van der Waals surface area contributed by atoms with Gasteiger partial charge in [0, 0.05) is 25.6 Å². The van der Waals surface area contributed by atoms with Gasteiger partial charge in [0.05, 0.1) is 11.4 Å². The van der Waals surface area contributed by atoms with Gasteiger partial charge in [-0.05, 0) is 43.4 Å². The van der Waals surface area contributed by atoms with Gasteiger partial charge in [-0.25, -0.2) is 9.67 Å².